The molecule has 108 valence electrons. The Morgan fingerprint density at radius 2 is 2.05 bits per heavy atom. The number of hydrogen-bond donors (Lipinski definition) is 2. The van der Waals surface area contributed by atoms with Crippen molar-refractivity contribution in [1.29, 1.82) is 5.26 Å². The number of nitro benzene ring substituents is 1. The Morgan fingerprint density at radius 1 is 1.35 bits per heavy atom. The van der Waals surface area contributed by atoms with Crippen LogP contribution in [0, 0.1) is 21.4 Å². The summed E-state index contributed by atoms with van der Waals surface area (Å²) < 4.78 is 0. The molecule has 0 aliphatic heterocycles. The van der Waals surface area contributed by atoms with E-state index < -0.39 is 4.92 Å². The molecule has 0 fully saturated rings. The molecule has 2 N–H and O–H groups in total. The molecule has 0 aliphatic rings. The van der Waals surface area contributed by atoms with Crippen LogP contribution in [0.25, 0.3) is 0 Å². The summed E-state index contributed by atoms with van der Waals surface area (Å²) in [6.07, 6.45) is 0.902. The molecule has 1 aromatic carbocycles. The summed E-state index contributed by atoms with van der Waals surface area (Å²) >= 11 is 0. The van der Waals surface area contributed by atoms with Gasteiger partial charge in [-0.05, 0) is 39.8 Å². The van der Waals surface area contributed by atoms with Crippen LogP contribution in [-0.2, 0) is 0 Å². The first-order chi connectivity index (χ1) is 9.33. The van der Waals surface area contributed by atoms with E-state index in [0.29, 0.717) is 17.8 Å². The fraction of sp³-hybridized carbons (Fsp3) is 0.500. The summed E-state index contributed by atoms with van der Waals surface area (Å²) in [6, 6.07) is 6.24. The van der Waals surface area contributed by atoms with Crippen molar-refractivity contribution in [3.8, 4) is 6.07 Å². The Balaban J connectivity index is 2.52. The minimum atomic E-state index is -0.502. The van der Waals surface area contributed by atoms with Crippen LogP contribution < -0.4 is 10.6 Å². The molecule has 0 bridgehead atoms. The van der Waals surface area contributed by atoms with Gasteiger partial charge in [-0.2, -0.15) is 5.26 Å². The Bertz CT molecular complexity index is 515. The van der Waals surface area contributed by atoms with Crippen LogP contribution in [0.3, 0.4) is 0 Å². The van der Waals surface area contributed by atoms with Gasteiger partial charge in [-0.1, -0.05) is 0 Å². The second-order valence-corrected chi connectivity index (χ2v) is 5.56. The highest BCUT2D eigenvalue weighted by Gasteiger charge is 2.10. The number of nitrogens with one attached hydrogen (secondary N) is 2. The van der Waals surface area contributed by atoms with Gasteiger partial charge in [-0.3, -0.25) is 10.1 Å². The Hall–Kier alpha value is -2.13. The van der Waals surface area contributed by atoms with Crippen molar-refractivity contribution in [3.05, 3.63) is 33.9 Å². The van der Waals surface area contributed by atoms with Crippen molar-refractivity contribution in [2.45, 2.75) is 32.7 Å². The molecule has 0 saturated heterocycles. The zero-order chi connectivity index (χ0) is 15.2. The molecule has 6 heteroatoms. The highest BCUT2D eigenvalue weighted by atomic mass is 16.6. The zero-order valence-electron chi connectivity index (χ0n) is 12.1. The van der Waals surface area contributed by atoms with E-state index in [1.807, 2.05) is 6.07 Å². The fourth-order valence-corrected chi connectivity index (χ4v) is 1.67. The van der Waals surface area contributed by atoms with Crippen molar-refractivity contribution in [2.75, 3.05) is 18.4 Å². The second-order valence-electron chi connectivity index (χ2n) is 5.56. The van der Waals surface area contributed by atoms with Gasteiger partial charge in [-0.15, -0.1) is 0 Å². The summed E-state index contributed by atoms with van der Waals surface area (Å²) in [4.78, 5) is 10.1. The number of hydrogen-bond acceptors (Lipinski definition) is 5. The van der Waals surface area contributed by atoms with Crippen LogP contribution in [0.15, 0.2) is 18.2 Å². The molecular weight excluding hydrogens is 256 g/mol. The van der Waals surface area contributed by atoms with E-state index in [-0.39, 0.29) is 11.2 Å². The van der Waals surface area contributed by atoms with Crippen molar-refractivity contribution in [2.24, 2.45) is 0 Å². The zero-order valence-corrected chi connectivity index (χ0v) is 12.1. The van der Waals surface area contributed by atoms with Gasteiger partial charge in [-0.25, -0.2) is 0 Å². The van der Waals surface area contributed by atoms with Crippen molar-refractivity contribution >= 4 is 11.4 Å². The molecule has 0 amide bonds. The van der Waals surface area contributed by atoms with Crippen molar-refractivity contribution < 1.29 is 4.92 Å². The third-order valence-electron chi connectivity index (χ3n) is 2.66. The number of anilines is 1. The fourth-order valence-electron chi connectivity index (χ4n) is 1.67. The lowest BCUT2D eigenvalue weighted by atomic mass is 10.1. The Kier molecular flexibility index (Phi) is 5.47. The molecule has 0 radical (unpaired) electrons. The van der Waals surface area contributed by atoms with Crippen LogP contribution >= 0.6 is 0 Å². The van der Waals surface area contributed by atoms with Crippen LogP contribution in [0.5, 0.6) is 0 Å². The number of nitro groups is 1. The van der Waals surface area contributed by atoms with E-state index in [4.69, 9.17) is 5.26 Å². The molecule has 20 heavy (non-hydrogen) atoms. The van der Waals surface area contributed by atoms with Gasteiger partial charge in [0.25, 0.3) is 5.69 Å². The molecule has 6 nitrogen and oxygen atoms in total. The number of benzene rings is 1. The van der Waals surface area contributed by atoms with Crippen molar-refractivity contribution in [3.63, 3.8) is 0 Å². The maximum atomic E-state index is 10.6. The molecule has 0 atom stereocenters. The van der Waals surface area contributed by atoms with Crippen LogP contribution in [-0.4, -0.2) is 23.6 Å². The predicted molar refractivity (Wildman–Crippen MR) is 78.7 cm³/mol. The summed E-state index contributed by atoms with van der Waals surface area (Å²) in [5.74, 6) is 0. The van der Waals surface area contributed by atoms with Gasteiger partial charge in [0.05, 0.1) is 16.2 Å². The number of non-ortho nitro benzene ring substituents is 1. The molecule has 0 aliphatic carbocycles. The lowest BCUT2D eigenvalue weighted by Crippen LogP contribution is -2.36. The molecule has 0 heterocycles. The molecule has 0 aromatic heterocycles. The third-order valence-corrected chi connectivity index (χ3v) is 2.66. The minimum absolute atomic E-state index is 0.0681. The largest absolute Gasteiger partial charge is 0.384 e. The Morgan fingerprint density at radius 3 is 2.60 bits per heavy atom. The first kappa shape index (κ1) is 15.9. The number of rotatable bonds is 6. The van der Waals surface area contributed by atoms with E-state index >= 15 is 0 Å². The first-order valence-corrected chi connectivity index (χ1v) is 6.51. The van der Waals surface area contributed by atoms with Gasteiger partial charge in [0.1, 0.15) is 6.07 Å². The van der Waals surface area contributed by atoms with Crippen LogP contribution in [0.4, 0.5) is 11.4 Å². The molecule has 0 unspecified atom stereocenters. The topological polar surface area (TPSA) is 91.0 Å². The van der Waals surface area contributed by atoms with Crippen LogP contribution in [0.2, 0.25) is 0 Å². The van der Waals surface area contributed by atoms with Gasteiger partial charge in [0.15, 0.2) is 0 Å². The van der Waals surface area contributed by atoms with E-state index in [1.165, 1.54) is 12.1 Å². The quantitative estimate of drug-likeness (QED) is 0.473. The average Bonchev–Trinajstić information content (AvgIpc) is 2.36. The normalized spacial score (nSPS) is 10.9. The summed E-state index contributed by atoms with van der Waals surface area (Å²) in [6.45, 7) is 7.88. The highest BCUT2D eigenvalue weighted by molar-refractivity contribution is 5.61. The smallest absolute Gasteiger partial charge is 0.270 e. The van der Waals surface area contributed by atoms with Crippen molar-refractivity contribution in [1.82, 2.24) is 5.32 Å². The third kappa shape index (κ3) is 5.24. The van der Waals surface area contributed by atoms with Gasteiger partial charge in [0.2, 0.25) is 0 Å². The number of nitriles is 1. The molecule has 0 spiro atoms. The van der Waals surface area contributed by atoms with Gasteiger partial charge in [0, 0.05) is 24.2 Å². The molecule has 0 saturated carbocycles. The van der Waals surface area contributed by atoms with Crippen LogP contribution in [0.1, 0.15) is 32.8 Å². The minimum Gasteiger partial charge on any atom is -0.384 e. The summed E-state index contributed by atoms with van der Waals surface area (Å²) in [7, 11) is 0. The maximum absolute atomic E-state index is 10.6. The SMILES string of the molecule is CC(C)(C)NCCCNc1ccc([N+](=O)[O-])cc1C#N. The highest BCUT2D eigenvalue weighted by Crippen LogP contribution is 2.21. The molecule has 1 aromatic rings. The lowest BCUT2D eigenvalue weighted by Gasteiger charge is -2.20. The monoisotopic (exact) mass is 276 g/mol. The van der Waals surface area contributed by atoms with E-state index in [9.17, 15) is 10.1 Å². The molecule has 1 rings (SSSR count). The standard InChI is InChI=1S/C14H20N4O2/c1-14(2,3)17-8-4-7-16-13-6-5-12(18(19)20)9-11(13)10-15/h5-6,9,16-17H,4,7-8H2,1-3H3. The average molecular weight is 276 g/mol. The first-order valence-electron chi connectivity index (χ1n) is 6.51. The number of nitrogens with zero attached hydrogens (tertiary/aromatic N) is 2. The molecular formula is C14H20N4O2. The van der Waals surface area contributed by atoms with Gasteiger partial charge < -0.3 is 10.6 Å². The summed E-state index contributed by atoms with van der Waals surface area (Å²) in [5, 5.41) is 26.1. The van der Waals surface area contributed by atoms with E-state index in [2.05, 4.69) is 31.4 Å². The summed E-state index contributed by atoms with van der Waals surface area (Å²) in [5.41, 5.74) is 0.948. The van der Waals surface area contributed by atoms with Gasteiger partial charge >= 0.3 is 0 Å². The van der Waals surface area contributed by atoms with E-state index in [0.717, 1.165) is 13.0 Å². The lowest BCUT2D eigenvalue weighted by molar-refractivity contribution is -0.384. The van der Waals surface area contributed by atoms with E-state index in [1.54, 1.807) is 6.07 Å². The maximum Gasteiger partial charge on any atom is 0.270 e. The second kappa shape index (κ2) is 6.87. The predicted octanol–water partition coefficient (Wildman–Crippen LogP) is 2.66. The Labute approximate surface area is 118 Å².